The maximum atomic E-state index is 16.8. The third kappa shape index (κ3) is 3.74. The van der Waals surface area contributed by atoms with Crippen LogP contribution in [0.25, 0.3) is 0 Å². The van der Waals surface area contributed by atoms with Gasteiger partial charge in [0.25, 0.3) is 0 Å². The molecule has 0 aliphatic carbocycles. The summed E-state index contributed by atoms with van der Waals surface area (Å²) >= 11 is 0. The molecule has 0 heterocycles. The van der Waals surface area contributed by atoms with Gasteiger partial charge in [0, 0.05) is 0 Å². The Morgan fingerprint density at radius 1 is 0.533 bits per heavy atom. The van der Waals surface area contributed by atoms with Crippen LogP contribution in [0.4, 0.5) is 8.78 Å². The number of rotatable bonds is 8. The lowest BCUT2D eigenvalue weighted by atomic mass is 10.3. The lowest BCUT2D eigenvalue weighted by Crippen LogP contribution is -2.68. The predicted molar refractivity (Wildman–Crippen MR) is 130 cm³/mol. The molecule has 0 unspecified atom stereocenters. The molecular weight excluding hydrogens is 406 g/mol. The Kier molecular flexibility index (Phi) is 7.21. The Balaban J connectivity index is 2.48. The van der Waals surface area contributed by atoms with Crippen LogP contribution >= 0.6 is 0 Å². The van der Waals surface area contributed by atoms with Crippen LogP contribution in [-0.2, 0) is 0 Å². The van der Waals surface area contributed by atoms with Crippen molar-refractivity contribution in [3.05, 3.63) is 102 Å². The molecular formula is C26H30F2Si2. The summed E-state index contributed by atoms with van der Waals surface area (Å²) in [4.78, 5) is 0. The van der Waals surface area contributed by atoms with Crippen LogP contribution in [0.2, 0.25) is 18.1 Å². The van der Waals surface area contributed by atoms with Crippen LogP contribution in [0.1, 0.15) is 20.8 Å². The van der Waals surface area contributed by atoms with Crippen LogP contribution < -0.4 is 15.6 Å². The van der Waals surface area contributed by atoms with Crippen LogP contribution in [-0.4, -0.2) is 16.1 Å². The van der Waals surface area contributed by atoms with Crippen molar-refractivity contribution in [2.75, 3.05) is 0 Å². The minimum Gasteiger partial charge on any atom is -0.215 e. The topological polar surface area (TPSA) is 0 Å². The fraction of sp³-hybridized carbons (Fsp3) is 0.231. The molecule has 0 radical (unpaired) electrons. The molecule has 0 aliphatic rings. The Labute approximate surface area is 181 Å². The standard InChI is InChI=1S/C26H30F2Si2/c1-4-29(5-2,6-3)25(27)26(28)30(22-16-10-7-11-17-22,23-18-12-8-13-19-23)24-20-14-9-15-21-24/h7-21H,4-6H2,1-3H3. The van der Waals surface area contributed by atoms with Crippen molar-refractivity contribution in [1.29, 1.82) is 0 Å². The van der Waals surface area contributed by atoms with E-state index < -0.39 is 27.0 Å². The Morgan fingerprint density at radius 3 is 1.10 bits per heavy atom. The summed E-state index contributed by atoms with van der Waals surface area (Å²) in [6.07, 6.45) is 0. The van der Waals surface area contributed by atoms with Gasteiger partial charge in [0.15, 0.2) is 0 Å². The normalized spacial score (nSPS) is 13.1. The van der Waals surface area contributed by atoms with Crippen LogP contribution in [0.15, 0.2) is 102 Å². The molecule has 0 aliphatic heterocycles. The SMILES string of the molecule is CC[Si](CC)(CC)C(F)=C(F)[Si](c1ccccc1)(c1ccccc1)c1ccccc1. The zero-order valence-corrected chi connectivity index (χ0v) is 20.0. The monoisotopic (exact) mass is 436 g/mol. The first-order valence-corrected chi connectivity index (χ1v) is 15.4. The number of halogens is 2. The van der Waals surface area contributed by atoms with Crippen molar-refractivity contribution < 1.29 is 8.78 Å². The zero-order valence-electron chi connectivity index (χ0n) is 18.0. The molecule has 4 heteroatoms. The van der Waals surface area contributed by atoms with E-state index in [0.29, 0.717) is 18.1 Å². The molecule has 0 aromatic heterocycles. The first-order valence-electron chi connectivity index (χ1n) is 10.8. The smallest absolute Gasteiger partial charge is 0.215 e. The van der Waals surface area contributed by atoms with Gasteiger partial charge in [0.1, 0.15) is 19.0 Å². The average Bonchev–Trinajstić information content (AvgIpc) is 2.83. The minimum atomic E-state index is -3.38. The first-order chi connectivity index (χ1) is 14.6. The van der Waals surface area contributed by atoms with Crippen LogP contribution in [0, 0.1) is 0 Å². The van der Waals surface area contributed by atoms with E-state index in [-0.39, 0.29) is 0 Å². The molecule has 156 valence electrons. The highest BCUT2D eigenvalue weighted by Gasteiger charge is 2.49. The van der Waals surface area contributed by atoms with Crippen molar-refractivity contribution in [1.82, 2.24) is 0 Å². The lowest BCUT2D eigenvalue weighted by molar-refractivity contribution is 0.592. The third-order valence-electron chi connectivity index (χ3n) is 6.64. The second-order valence-electron chi connectivity index (χ2n) is 7.82. The number of hydrogen-bond donors (Lipinski definition) is 0. The Bertz CT molecular complexity index is 861. The van der Waals surface area contributed by atoms with Crippen molar-refractivity contribution in [3.63, 3.8) is 0 Å². The van der Waals surface area contributed by atoms with Crippen molar-refractivity contribution in [3.8, 4) is 0 Å². The minimum absolute atomic E-state index is 0.432. The summed E-state index contributed by atoms with van der Waals surface area (Å²) in [5, 5.41) is 2.63. The van der Waals surface area contributed by atoms with Gasteiger partial charge >= 0.3 is 0 Å². The highest BCUT2D eigenvalue weighted by molar-refractivity contribution is 7.16. The van der Waals surface area contributed by atoms with E-state index in [9.17, 15) is 0 Å². The summed E-state index contributed by atoms with van der Waals surface area (Å²) in [7, 11) is -5.90. The maximum absolute atomic E-state index is 16.8. The van der Waals surface area contributed by atoms with Crippen molar-refractivity contribution in [2.24, 2.45) is 0 Å². The van der Waals surface area contributed by atoms with Gasteiger partial charge in [-0.15, -0.1) is 0 Å². The molecule has 30 heavy (non-hydrogen) atoms. The fourth-order valence-electron chi connectivity index (χ4n) is 4.56. The van der Waals surface area contributed by atoms with Gasteiger partial charge in [-0.2, -0.15) is 0 Å². The van der Waals surface area contributed by atoms with E-state index in [4.69, 9.17) is 0 Å². The molecule has 0 saturated heterocycles. The van der Waals surface area contributed by atoms with Gasteiger partial charge in [0.05, 0.1) is 0 Å². The van der Waals surface area contributed by atoms with E-state index in [2.05, 4.69) is 0 Å². The maximum Gasteiger partial charge on any atom is 0.217 e. The number of hydrogen-bond acceptors (Lipinski definition) is 0. The van der Waals surface area contributed by atoms with Crippen molar-refractivity contribution in [2.45, 2.75) is 38.9 Å². The molecule has 0 saturated carbocycles. The summed E-state index contributed by atoms with van der Waals surface area (Å²) in [5.41, 5.74) is -0.943. The largest absolute Gasteiger partial charge is 0.217 e. The molecule has 0 amide bonds. The zero-order chi connectivity index (χ0) is 21.6. The van der Waals surface area contributed by atoms with E-state index in [1.54, 1.807) is 0 Å². The molecule has 0 bridgehead atoms. The highest BCUT2D eigenvalue weighted by atomic mass is 28.3. The Morgan fingerprint density at radius 2 is 0.833 bits per heavy atom. The average molecular weight is 437 g/mol. The van der Waals surface area contributed by atoms with E-state index >= 15 is 8.78 Å². The highest BCUT2D eigenvalue weighted by Crippen LogP contribution is 2.35. The fourth-order valence-corrected chi connectivity index (χ4v) is 13.0. The molecule has 0 spiro atoms. The molecule has 3 aromatic carbocycles. The summed E-state index contributed by atoms with van der Waals surface area (Å²) in [6.45, 7) is 6.05. The van der Waals surface area contributed by atoms with Gasteiger partial charge in [0.2, 0.25) is 8.07 Å². The number of benzene rings is 3. The molecule has 0 nitrogen and oxygen atoms in total. The van der Waals surface area contributed by atoms with Crippen LogP contribution in [0.3, 0.4) is 0 Å². The van der Waals surface area contributed by atoms with E-state index in [1.807, 2.05) is 112 Å². The van der Waals surface area contributed by atoms with Gasteiger partial charge in [-0.1, -0.05) is 130 Å². The summed E-state index contributed by atoms with van der Waals surface area (Å²) in [6, 6.07) is 31.3. The predicted octanol–water partition coefficient (Wildman–Crippen LogP) is 5.89. The lowest BCUT2D eigenvalue weighted by Gasteiger charge is -2.35. The first kappa shape index (κ1) is 22.4. The summed E-state index contributed by atoms with van der Waals surface area (Å²) < 4.78 is 33.1. The Hall–Kier alpha value is -2.31. The van der Waals surface area contributed by atoms with E-state index in [0.717, 1.165) is 15.6 Å². The van der Waals surface area contributed by atoms with Gasteiger partial charge in [-0.05, 0) is 15.6 Å². The second kappa shape index (κ2) is 9.67. The summed E-state index contributed by atoms with van der Waals surface area (Å²) in [5.74, 6) is 0. The molecule has 0 fully saturated rings. The molecule has 0 atom stereocenters. The molecule has 3 aromatic rings. The van der Waals surface area contributed by atoms with Gasteiger partial charge < -0.3 is 0 Å². The third-order valence-corrected chi connectivity index (χ3v) is 16.6. The quantitative estimate of drug-likeness (QED) is 0.305. The van der Waals surface area contributed by atoms with Crippen molar-refractivity contribution >= 4 is 31.7 Å². The van der Waals surface area contributed by atoms with E-state index in [1.165, 1.54) is 0 Å². The van der Waals surface area contributed by atoms with Crippen LogP contribution in [0.5, 0.6) is 0 Å². The molecule has 3 rings (SSSR count). The molecule has 0 N–H and O–H groups in total. The second-order valence-corrected chi connectivity index (χ2v) is 16.6. The van der Waals surface area contributed by atoms with Gasteiger partial charge in [-0.25, -0.2) is 8.78 Å². The van der Waals surface area contributed by atoms with Gasteiger partial charge in [-0.3, -0.25) is 0 Å².